The number of furan rings is 1. The summed E-state index contributed by atoms with van der Waals surface area (Å²) in [6.07, 6.45) is 1.84. The van der Waals surface area contributed by atoms with E-state index in [1.807, 2.05) is 26.0 Å². The second-order valence-corrected chi connectivity index (χ2v) is 3.60. The fourth-order valence-corrected chi connectivity index (χ4v) is 1.29. The molecule has 1 heterocycles. The van der Waals surface area contributed by atoms with Gasteiger partial charge in [0.2, 0.25) is 0 Å². The van der Waals surface area contributed by atoms with Gasteiger partial charge in [0.05, 0.1) is 32.1 Å². The highest BCUT2D eigenvalue weighted by Gasteiger charge is 2.01. The van der Waals surface area contributed by atoms with Gasteiger partial charge in [0.15, 0.2) is 0 Å². The molecule has 1 N–H and O–H groups in total. The van der Waals surface area contributed by atoms with Crippen LogP contribution in [0, 0.1) is 0 Å². The zero-order valence-electron chi connectivity index (χ0n) is 10.1. The maximum Gasteiger partial charge on any atom is 0.117 e. The van der Waals surface area contributed by atoms with Crippen LogP contribution < -0.4 is 5.32 Å². The predicted octanol–water partition coefficient (Wildman–Crippen LogP) is 1.81. The van der Waals surface area contributed by atoms with Gasteiger partial charge in [0.1, 0.15) is 5.76 Å². The molecule has 0 spiro atoms. The number of hydrogen-bond acceptors (Lipinski definition) is 4. The van der Waals surface area contributed by atoms with E-state index in [2.05, 4.69) is 5.32 Å². The number of hydrogen-bond donors (Lipinski definition) is 1. The summed E-state index contributed by atoms with van der Waals surface area (Å²) in [5, 5.41) is 3.24. The minimum absolute atomic E-state index is 0.158. The molecule has 0 aliphatic heterocycles. The van der Waals surface area contributed by atoms with Gasteiger partial charge in [-0.25, -0.2) is 0 Å². The summed E-state index contributed by atoms with van der Waals surface area (Å²) < 4.78 is 16.0. The standard InChI is InChI=1S/C12H21NO3/c1-3-14-10-11(2)15-8-6-13-9-12-5-4-7-16-12/h4-5,7,11,13H,3,6,8-10H2,1-2H3. The van der Waals surface area contributed by atoms with Crippen molar-refractivity contribution in [3.63, 3.8) is 0 Å². The molecule has 0 saturated heterocycles. The Kier molecular flexibility index (Phi) is 6.88. The molecule has 1 rings (SSSR count). The average molecular weight is 227 g/mol. The van der Waals surface area contributed by atoms with E-state index in [0.29, 0.717) is 13.2 Å². The molecule has 0 aliphatic rings. The van der Waals surface area contributed by atoms with Gasteiger partial charge in [-0.1, -0.05) is 0 Å². The van der Waals surface area contributed by atoms with Gasteiger partial charge in [0.25, 0.3) is 0 Å². The minimum Gasteiger partial charge on any atom is -0.468 e. The Morgan fingerprint density at radius 2 is 2.38 bits per heavy atom. The molecule has 1 atom stereocenters. The van der Waals surface area contributed by atoms with E-state index < -0.39 is 0 Å². The van der Waals surface area contributed by atoms with E-state index in [-0.39, 0.29) is 6.10 Å². The topological polar surface area (TPSA) is 43.6 Å². The molecule has 0 bridgehead atoms. The zero-order chi connectivity index (χ0) is 11.6. The molecular formula is C12H21NO3. The summed E-state index contributed by atoms with van der Waals surface area (Å²) in [6, 6.07) is 3.84. The van der Waals surface area contributed by atoms with Crippen molar-refractivity contribution in [3.05, 3.63) is 24.2 Å². The van der Waals surface area contributed by atoms with Gasteiger partial charge in [-0.3, -0.25) is 0 Å². The maximum absolute atomic E-state index is 5.55. The molecule has 0 aromatic carbocycles. The number of rotatable bonds is 9. The Morgan fingerprint density at radius 3 is 3.06 bits per heavy atom. The highest BCUT2D eigenvalue weighted by molar-refractivity contribution is 4.97. The molecule has 0 saturated carbocycles. The summed E-state index contributed by atoms with van der Waals surface area (Å²) in [4.78, 5) is 0. The first-order valence-corrected chi connectivity index (χ1v) is 5.75. The minimum atomic E-state index is 0.158. The van der Waals surface area contributed by atoms with Gasteiger partial charge < -0.3 is 19.2 Å². The zero-order valence-corrected chi connectivity index (χ0v) is 10.1. The van der Waals surface area contributed by atoms with E-state index in [1.54, 1.807) is 6.26 Å². The second-order valence-electron chi connectivity index (χ2n) is 3.60. The highest BCUT2D eigenvalue weighted by Crippen LogP contribution is 1.98. The first-order valence-electron chi connectivity index (χ1n) is 5.75. The van der Waals surface area contributed by atoms with Gasteiger partial charge in [-0.05, 0) is 26.0 Å². The molecule has 0 radical (unpaired) electrons. The molecule has 92 valence electrons. The summed E-state index contributed by atoms with van der Waals surface area (Å²) >= 11 is 0. The fourth-order valence-electron chi connectivity index (χ4n) is 1.29. The van der Waals surface area contributed by atoms with Gasteiger partial charge in [-0.15, -0.1) is 0 Å². The Hall–Kier alpha value is -0.840. The molecule has 1 aromatic rings. The third kappa shape index (κ3) is 5.90. The molecular weight excluding hydrogens is 206 g/mol. The lowest BCUT2D eigenvalue weighted by Gasteiger charge is -2.12. The van der Waals surface area contributed by atoms with Crippen LogP contribution in [0.5, 0.6) is 0 Å². The quantitative estimate of drug-likeness (QED) is 0.653. The maximum atomic E-state index is 5.55. The third-order valence-corrected chi connectivity index (χ3v) is 2.12. The van der Waals surface area contributed by atoms with E-state index in [9.17, 15) is 0 Å². The Bertz CT molecular complexity index is 249. The van der Waals surface area contributed by atoms with Crippen molar-refractivity contribution >= 4 is 0 Å². The molecule has 0 fully saturated rings. The van der Waals surface area contributed by atoms with Crippen LogP contribution in [0.15, 0.2) is 22.8 Å². The van der Waals surface area contributed by atoms with Crippen LogP contribution in [0.3, 0.4) is 0 Å². The van der Waals surface area contributed by atoms with Crippen molar-refractivity contribution in [2.45, 2.75) is 26.5 Å². The SMILES string of the molecule is CCOCC(C)OCCNCc1ccco1. The first-order chi connectivity index (χ1) is 7.83. The van der Waals surface area contributed by atoms with Crippen LogP contribution in [0.4, 0.5) is 0 Å². The lowest BCUT2D eigenvalue weighted by Crippen LogP contribution is -2.24. The van der Waals surface area contributed by atoms with Crippen LogP contribution in [-0.4, -0.2) is 32.5 Å². The number of ether oxygens (including phenoxy) is 2. The van der Waals surface area contributed by atoms with Crippen LogP contribution in [0.1, 0.15) is 19.6 Å². The van der Waals surface area contributed by atoms with Gasteiger partial charge in [-0.2, -0.15) is 0 Å². The molecule has 1 unspecified atom stereocenters. The summed E-state index contributed by atoms with van der Waals surface area (Å²) in [5.74, 6) is 0.947. The Labute approximate surface area is 96.9 Å². The fraction of sp³-hybridized carbons (Fsp3) is 0.667. The van der Waals surface area contributed by atoms with Crippen LogP contribution in [0.2, 0.25) is 0 Å². The van der Waals surface area contributed by atoms with E-state index in [4.69, 9.17) is 13.9 Å². The van der Waals surface area contributed by atoms with E-state index >= 15 is 0 Å². The van der Waals surface area contributed by atoms with E-state index in [0.717, 1.165) is 25.5 Å². The average Bonchev–Trinajstić information content (AvgIpc) is 2.79. The Balaban J connectivity index is 1.91. The predicted molar refractivity (Wildman–Crippen MR) is 62.3 cm³/mol. The van der Waals surface area contributed by atoms with Gasteiger partial charge >= 0.3 is 0 Å². The second kappa shape index (κ2) is 8.33. The third-order valence-electron chi connectivity index (χ3n) is 2.12. The van der Waals surface area contributed by atoms with Crippen LogP contribution in [0.25, 0.3) is 0 Å². The molecule has 0 aliphatic carbocycles. The van der Waals surface area contributed by atoms with Gasteiger partial charge in [0, 0.05) is 13.2 Å². The van der Waals surface area contributed by atoms with Crippen LogP contribution in [-0.2, 0) is 16.0 Å². The largest absolute Gasteiger partial charge is 0.468 e. The summed E-state index contributed by atoms with van der Waals surface area (Å²) in [7, 11) is 0. The van der Waals surface area contributed by atoms with E-state index in [1.165, 1.54) is 0 Å². The summed E-state index contributed by atoms with van der Waals surface area (Å²) in [6.45, 7) is 7.65. The summed E-state index contributed by atoms with van der Waals surface area (Å²) in [5.41, 5.74) is 0. The highest BCUT2D eigenvalue weighted by atomic mass is 16.5. The first kappa shape index (κ1) is 13.2. The lowest BCUT2D eigenvalue weighted by molar-refractivity contribution is -0.00202. The van der Waals surface area contributed by atoms with Crippen molar-refractivity contribution in [1.82, 2.24) is 5.32 Å². The van der Waals surface area contributed by atoms with Crippen molar-refractivity contribution in [2.24, 2.45) is 0 Å². The molecule has 1 aromatic heterocycles. The smallest absolute Gasteiger partial charge is 0.117 e. The van der Waals surface area contributed by atoms with Crippen LogP contribution >= 0.6 is 0 Å². The molecule has 0 amide bonds. The van der Waals surface area contributed by atoms with Crippen molar-refractivity contribution in [2.75, 3.05) is 26.4 Å². The normalized spacial score (nSPS) is 12.9. The lowest BCUT2D eigenvalue weighted by atomic mass is 10.4. The molecule has 4 nitrogen and oxygen atoms in total. The molecule has 4 heteroatoms. The molecule has 16 heavy (non-hydrogen) atoms. The van der Waals surface area contributed by atoms with Crippen molar-refractivity contribution in [3.8, 4) is 0 Å². The Morgan fingerprint density at radius 1 is 1.50 bits per heavy atom. The van der Waals surface area contributed by atoms with Crippen molar-refractivity contribution in [1.29, 1.82) is 0 Å². The van der Waals surface area contributed by atoms with Crippen molar-refractivity contribution < 1.29 is 13.9 Å². The number of nitrogens with one attached hydrogen (secondary N) is 1. The monoisotopic (exact) mass is 227 g/mol.